The number of rotatable bonds is 6. The van der Waals surface area contributed by atoms with Crippen molar-refractivity contribution in [3.05, 3.63) is 150 Å². The van der Waals surface area contributed by atoms with Gasteiger partial charge in [-0.25, -0.2) is 4.99 Å². The van der Waals surface area contributed by atoms with E-state index >= 15 is 0 Å². The summed E-state index contributed by atoms with van der Waals surface area (Å²) in [5.74, 6) is 3.77. The number of aliphatic hydroxyl groups excluding tert-OH is 1. The van der Waals surface area contributed by atoms with Crippen LogP contribution in [0.3, 0.4) is 0 Å². The van der Waals surface area contributed by atoms with Crippen LogP contribution in [0.5, 0.6) is 0 Å². The molecule has 0 spiro atoms. The molecule has 0 saturated heterocycles. The molecule has 1 aliphatic heterocycles. The van der Waals surface area contributed by atoms with Crippen molar-refractivity contribution in [3.8, 4) is 12.3 Å². The van der Waals surface area contributed by atoms with Crippen molar-refractivity contribution in [2.75, 3.05) is 4.90 Å². The molecular weight excluding hydrogens is 528 g/mol. The first-order valence-corrected chi connectivity index (χ1v) is 14.7. The average molecular weight is 567 g/mol. The fraction of sp³-hybridized carbons (Fsp3) is 0.211. The molecule has 5 heteroatoms. The number of nitrogens with two attached hydrogens (primary N) is 1. The minimum Gasteiger partial charge on any atom is -0.494 e. The van der Waals surface area contributed by atoms with Crippen LogP contribution in [-0.2, 0) is 6.54 Å². The van der Waals surface area contributed by atoms with E-state index in [1.54, 1.807) is 0 Å². The number of amidine groups is 2. The Morgan fingerprint density at radius 3 is 2.44 bits per heavy atom. The summed E-state index contributed by atoms with van der Waals surface area (Å²) in [6, 6.07) is 27.6. The lowest BCUT2D eigenvalue weighted by atomic mass is 9.68. The third-order valence-electron chi connectivity index (χ3n) is 7.95. The summed E-state index contributed by atoms with van der Waals surface area (Å²) in [4.78, 5) is 11.5. The highest BCUT2D eigenvalue weighted by atomic mass is 16.3. The molecular formula is C38H38N4O. The number of hydrogen-bond donors (Lipinski definition) is 2. The number of hydrogen-bond acceptors (Lipinski definition) is 3. The monoisotopic (exact) mass is 566 g/mol. The van der Waals surface area contributed by atoms with Gasteiger partial charge in [-0.05, 0) is 36.0 Å². The summed E-state index contributed by atoms with van der Waals surface area (Å²) >= 11 is 0. The molecule has 216 valence electrons. The molecule has 0 saturated carbocycles. The molecule has 43 heavy (non-hydrogen) atoms. The highest BCUT2D eigenvalue weighted by Gasteiger charge is 2.36. The molecule has 2 aliphatic rings. The number of aliphatic hydroxyl groups is 1. The van der Waals surface area contributed by atoms with Gasteiger partial charge in [0.05, 0.1) is 6.54 Å². The standard InChI is InChI=1S/C38H38N4O/c1-4-29-18-12-14-25-42(37(43)34(29)33-23-11-13-24-38(33,2)3)32-22-15-21-31(26-32)36(40-27-28-16-7-5-8-17-28)41-35(39)30-19-9-6-10-20-30/h1,5-11,13-17,19-26,29,33,43H,12,18,27H2,2-3H3,(H2,39,40,41)/b25-14-,37-34-. The van der Waals surface area contributed by atoms with Crippen molar-refractivity contribution in [1.29, 1.82) is 0 Å². The number of terminal acetylenes is 1. The van der Waals surface area contributed by atoms with Gasteiger partial charge in [0, 0.05) is 40.4 Å². The van der Waals surface area contributed by atoms with E-state index in [4.69, 9.17) is 22.1 Å². The first-order valence-electron chi connectivity index (χ1n) is 14.7. The Labute approximate surface area is 255 Å². The Kier molecular flexibility index (Phi) is 9.08. The third-order valence-corrected chi connectivity index (χ3v) is 7.95. The number of anilines is 1. The number of nitrogens with zero attached hydrogens (tertiary/aromatic N) is 3. The van der Waals surface area contributed by atoms with Gasteiger partial charge in [0.15, 0.2) is 11.7 Å². The van der Waals surface area contributed by atoms with Gasteiger partial charge < -0.3 is 10.8 Å². The van der Waals surface area contributed by atoms with E-state index in [1.807, 2.05) is 102 Å². The third kappa shape index (κ3) is 6.88. The lowest BCUT2D eigenvalue weighted by Crippen LogP contribution is -2.31. The maximum Gasteiger partial charge on any atom is 0.196 e. The topological polar surface area (TPSA) is 74.2 Å². The second kappa shape index (κ2) is 13.3. The van der Waals surface area contributed by atoms with E-state index in [0.717, 1.165) is 40.8 Å². The van der Waals surface area contributed by atoms with E-state index in [1.165, 1.54) is 0 Å². The molecule has 0 aromatic heterocycles. The van der Waals surface area contributed by atoms with Crippen molar-refractivity contribution in [1.82, 2.24) is 0 Å². The Morgan fingerprint density at radius 2 is 1.72 bits per heavy atom. The van der Waals surface area contributed by atoms with E-state index in [-0.39, 0.29) is 23.1 Å². The minimum absolute atomic E-state index is 0.0472. The van der Waals surface area contributed by atoms with Crippen molar-refractivity contribution in [2.45, 2.75) is 33.2 Å². The zero-order valence-electron chi connectivity index (χ0n) is 24.8. The van der Waals surface area contributed by atoms with Crippen LogP contribution in [0.25, 0.3) is 0 Å². The van der Waals surface area contributed by atoms with Crippen molar-refractivity contribution >= 4 is 17.4 Å². The summed E-state index contributed by atoms with van der Waals surface area (Å²) in [6.45, 7) is 4.80. The van der Waals surface area contributed by atoms with E-state index in [2.05, 4.69) is 44.1 Å². The average Bonchev–Trinajstić information content (AvgIpc) is 3.02. The predicted molar refractivity (Wildman–Crippen MR) is 179 cm³/mol. The zero-order valence-corrected chi connectivity index (χ0v) is 24.8. The zero-order chi connectivity index (χ0) is 30.2. The fourth-order valence-corrected chi connectivity index (χ4v) is 5.56. The molecule has 3 aromatic rings. The molecule has 0 radical (unpaired) electrons. The van der Waals surface area contributed by atoms with Gasteiger partial charge in [0.1, 0.15) is 5.84 Å². The lowest BCUT2D eigenvalue weighted by Gasteiger charge is -2.38. The van der Waals surface area contributed by atoms with Crippen molar-refractivity contribution < 1.29 is 5.11 Å². The Bertz CT molecular complexity index is 1650. The molecule has 0 bridgehead atoms. The van der Waals surface area contributed by atoms with Gasteiger partial charge in [-0.15, -0.1) is 6.42 Å². The number of allylic oxidation sites excluding steroid dienone is 6. The largest absolute Gasteiger partial charge is 0.494 e. The lowest BCUT2D eigenvalue weighted by molar-refractivity contribution is 0.319. The first-order chi connectivity index (χ1) is 20.9. The van der Waals surface area contributed by atoms with Crippen molar-refractivity contribution in [2.24, 2.45) is 33.0 Å². The van der Waals surface area contributed by atoms with Gasteiger partial charge >= 0.3 is 0 Å². The van der Waals surface area contributed by atoms with E-state index < -0.39 is 0 Å². The summed E-state index contributed by atoms with van der Waals surface area (Å²) in [5.41, 5.74) is 10.6. The summed E-state index contributed by atoms with van der Waals surface area (Å²) < 4.78 is 0. The minimum atomic E-state index is -0.204. The van der Waals surface area contributed by atoms with Gasteiger partial charge in [-0.2, -0.15) is 0 Å². The normalized spacial score (nSPS) is 22.9. The smallest absolute Gasteiger partial charge is 0.196 e. The molecule has 5 nitrogen and oxygen atoms in total. The quantitative estimate of drug-likeness (QED) is 0.181. The van der Waals surface area contributed by atoms with E-state index in [9.17, 15) is 5.11 Å². The molecule has 3 N–H and O–H groups in total. The molecule has 1 heterocycles. The number of benzene rings is 3. The van der Waals surface area contributed by atoms with E-state index in [0.29, 0.717) is 18.2 Å². The Morgan fingerprint density at radius 1 is 1.00 bits per heavy atom. The van der Waals surface area contributed by atoms with Crippen molar-refractivity contribution in [3.63, 3.8) is 0 Å². The first kappa shape index (κ1) is 29.4. The maximum atomic E-state index is 12.0. The molecule has 3 aromatic carbocycles. The van der Waals surface area contributed by atoms with Crippen LogP contribution in [0, 0.1) is 29.6 Å². The second-order valence-electron chi connectivity index (χ2n) is 11.4. The van der Waals surface area contributed by atoms with Crippen LogP contribution < -0.4 is 10.6 Å². The molecule has 0 amide bonds. The van der Waals surface area contributed by atoms with Crippen LogP contribution in [0.2, 0.25) is 0 Å². The summed E-state index contributed by atoms with van der Waals surface area (Å²) in [7, 11) is 0. The fourth-order valence-electron chi connectivity index (χ4n) is 5.56. The predicted octanol–water partition coefficient (Wildman–Crippen LogP) is 7.94. The molecule has 1 aliphatic carbocycles. The molecule has 2 atom stereocenters. The maximum absolute atomic E-state index is 12.0. The van der Waals surface area contributed by atoms with Crippen LogP contribution in [0.1, 0.15) is 43.4 Å². The Balaban J connectivity index is 1.59. The van der Waals surface area contributed by atoms with Crippen LogP contribution in [0.4, 0.5) is 5.69 Å². The molecule has 0 fully saturated rings. The SMILES string of the molecule is C#CC1CC/C=C\N(c2cccc(C(/N=C(\N)c3ccccc3)=N/Cc3ccccc3)c2)/C(O)=C\1C1C=CC=CC1(C)C. The molecule has 5 rings (SSSR count). The van der Waals surface area contributed by atoms with Gasteiger partial charge in [0.2, 0.25) is 0 Å². The van der Waals surface area contributed by atoms with Crippen LogP contribution in [0.15, 0.2) is 143 Å². The number of aliphatic imine (C=N–C) groups is 2. The summed E-state index contributed by atoms with van der Waals surface area (Å²) in [6.07, 6.45) is 20.0. The van der Waals surface area contributed by atoms with Crippen LogP contribution >= 0.6 is 0 Å². The van der Waals surface area contributed by atoms with Gasteiger partial charge in [-0.1, -0.05) is 123 Å². The summed E-state index contributed by atoms with van der Waals surface area (Å²) in [5, 5.41) is 12.0. The molecule has 2 unspecified atom stereocenters. The van der Waals surface area contributed by atoms with Gasteiger partial charge in [0.25, 0.3) is 0 Å². The second-order valence-corrected chi connectivity index (χ2v) is 11.4. The van der Waals surface area contributed by atoms with Gasteiger partial charge in [-0.3, -0.25) is 9.89 Å². The van der Waals surface area contributed by atoms with Crippen LogP contribution in [-0.4, -0.2) is 16.8 Å². The highest BCUT2D eigenvalue weighted by Crippen LogP contribution is 2.43. The Hall–Kier alpha value is -5.08. The highest BCUT2D eigenvalue weighted by molar-refractivity contribution is 6.11.